The maximum atomic E-state index is 11.0. The Balaban J connectivity index is 2.48. The van der Waals surface area contributed by atoms with Gasteiger partial charge >= 0.3 is 6.03 Å². The highest BCUT2D eigenvalue weighted by Gasteiger charge is 2.17. The largest absolute Gasteiger partial charge is 0.484 e. The van der Waals surface area contributed by atoms with E-state index in [0.29, 0.717) is 0 Å². The topological polar surface area (TPSA) is 81.4 Å². The molecule has 5 nitrogen and oxygen atoms in total. The van der Waals surface area contributed by atoms with Gasteiger partial charge in [-0.1, -0.05) is 6.08 Å². The van der Waals surface area contributed by atoms with Gasteiger partial charge in [-0.2, -0.15) is 0 Å². The fraction of sp³-hybridized carbons (Fsp3) is 0.143. The van der Waals surface area contributed by atoms with Crippen molar-refractivity contribution in [3.8, 4) is 0 Å². The number of carbonyl (C=O) groups excluding carboxylic acids is 2. The minimum Gasteiger partial charge on any atom is -0.484 e. The third-order valence-electron chi connectivity index (χ3n) is 1.21. The number of urea groups is 1. The van der Waals surface area contributed by atoms with Crippen LogP contribution in [0.5, 0.6) is 0 Å². The van der Waals surface area contributed by atoms with Crippen LogP contribution in [0.2, 0.25) is 0 Å². The Morgan fingerprint density at radius 3 is 2.67 bits per heavy atom. The predicted octanol–water partition coefficient (Wildman–Crippen LogP) is -0.350. The van der Waals surface area contributed by atoms with E-state index in [9.17, 15) is 9.59 Å². The quantitative estimate of drug-likeness (QED) is 0.561. The van der Waals surface area contributed by atoms with Gasteiger partial charge in [-0.15, -0.1) is 0 Å². The zero-order valence-corrected chi connectivity index (χ0v) is 6.19. The fourth-order valence-electron chi connectivity index (χ4n) is 0.728. The first-order valence-corrected chi connectivity index (χ1v) is 3.29. The average molecular weight is 168 g/mol. The van der Waals surface area contributed by atoms with Crippen LogP contribution in [-0.4, -0.2) is 18.0 Å². The summed E-state index contributed by atoms with van der Waals surface area (Å²) in [5, 5.41) is 1.90. The predicted molar refractivity (Wildman–Crippen MR) is 40.9 cm³/mol. The van der Waals surface area contributed by atoms with Gasteiger partial charge in [0, 0.05) is 0 Å². The maximum Gasteiger partial charge on any atom is 0.318 e. The van der Waals surface area contributed by atoms with Gasteiger partial charge in [-0.3, -0.25) is 10.1 Å². The highest BCUT2D eigenvalue weighted by atomic mass is 16.5. The molecule has 1 aliphatic heterocycles. The highest BCUT2D eigenvalue weighted by Crippen LogP contribution is 2.01. The number of hydrogen-bond acceptors (Lipinski definition) is 3. The van der Waals surface area contributed by atoms with E-state index in [0.717, 1.165) is 0 Å². The number of carbonyl (C=O) groups is 2. The van der Waals surface area contributed by atoms with Crippen molar-refractivity contribution >= 4 is 11.9 Å². The Morgan fingerprint density at radius 1 is 1.42 bits per heavy atom. The molecule has 0 bridgehead atoms. The molecule has 64 valence electrons. The zero-order valence-electron chi connectivity index (χ0n) is 6.19. The second-order valence-corrected chi connectivity index (χ2v) is 2.12. The summed E-state index contributed by atoms with van der Waals surface area (Å²) in [4.78, 5) is 21.2. The van der Waals surface area contributed by atoms with E-state index in [-0.39, 0.29) is 0 Å². The summed E-state index contributed by atoms with van der Waals surface area (Å²) in [6, 6.07) is -0.883. The van der Waals surface area contributed by atoms with E-state index in [1.54, 1.807) is 12.2 Å². The second-order valence-electron chi connectivity index (χ2n) is 2.12. The molecule has 1 unspecified atom stereocenters. The molecule has 1 atom stereocenters. The lowest BCUT2D eigenvalue weighted by Gasteiger charge is -2.12. The van der Waals surface area contributed by atoms with Gasteiger partial charge < -0.3 is 10.5 Å². The summed E-state index contributed by atoms with van der Waals surface area (Å²) in [7, 11) is 0. The van der Waals surface area contributed by atoms with Crippen LogP contribution < -0.4 is 11.1 Å². The second kappa shape index (κ2) is 3.56. The number of nitrogens with one attached hydrogen (secondary N) is 1. The van der Waals surface area contributed by atoms with Gasteiger partial charge in [0.15, 0.2) is 6.10 Å². The first-order valence-electron chi connectivity index (χ1n) is 3.29. The number of imide groups is 1. The van der Waals surface area contributed by atoms with Crippen molar-refractivity contribution in [1.82, 2.24) is 5.32 Å². The Labute approximate surface area is 68.9 Å². The molecule has 0 aromatic rings. The van der Waals surface area contributed by atoms with Crippen LogP contribution in [0.1, 0.15) is 0 Å². The zero-order chi connectivity index (χ0) is 8.97. The fourth-order valence-corrected chi connectivity index (χ4v) is 0.728. The normalized spacial score (nSPS) is 19.8. The number of hydrogen-bond donors (Lipinski definition) is 2. The van der Waals surface area contributed by atoms with E-state index in [1.165, 1.54) is 12.3 Å². The molecule has 0 spiro atoms. The lowest BCUT2D eigenvalue weighted by Crippen LogP contribution is -2.41. The molecule has 0 saturated carbocycles. The summed E-state index contributed by atoms with van der Waals surface area (Å²) in [6.45, 7) is 0. The van der Waals surface area contributed by atoms with E-state index >= 15 is 0 Å². The molecule has 0 fully saturated rings. The van der Waals surface area contributed by atoms with Crippen molar-refractivity contribution in [3.05, 3.63) is 24.5 Å². The third-order valence-corrected chi connectivity index (χ3v) is 1.21. The molecular formula is C7H8N2O3. The number of allylic oxidation sites excluding steroid dienone is 2. The Kier molecular flexibility index (Phi) is 2.47. The lowest BCUT2D eigenvalue weighted by molar-refractivity contribution is -0.126. The number of rotatable bonds is 1. The summed E-state index contributed by atoms with van der Waals surface area (Å²) in [5.41, 5.74) is 4.73. The molecule has 1 heterocycles. The van der Waals surface area contributed by atoms with Crippen molar-refractivity contribution in [2.45, 2.75) is 6.10 Å². The van der Waals surface area contributed by atoms with Crippen LogP contribution in [0, 0.1) is 0 Å². The van der Waals surface area contributed by atoms with Crippen LogP contribution in [-0.2, 0) is 9.53 Å². The van der Waals surface area contributed by atoms with E-state index in [4.69, 9.17) is 10.5 Å². The van der Waals surface area contributed by atoms with Gasteiger partial charge in [-0.25, -0.2) is 4.79 Å². The SMILES string of the molecule is NC(=O)NC(=O)C1C=CC=CO1. The summed E-state index contributed by atoms with van der Waals surface area (Å²) < 4.78 is 4.85. The van der Waals surface area contributed by atoms with Crippen LogP contribution in [0.4, 0.5) is 4.79 Å². The summed E-state index contributed by atoms with van der Waals surface area (Å²) >= 11 is 0. The van der Waals surface area contributed by atoms with Crippen LogP contribution in [0.25, 0.3) is 0 Å². The monoisotopic (exact) mass is 168 g/mol. The van der Waals surface area contributed by atoms with Crippen molar-refractivity contribution in [1.29, 1.82) is 0 Å². The van der Waals surface area contributed by atoms with Crippen molar-refractivity contribution < 1.29 is 14.3 Å². The summed E-state index contributed by atoms with van der Waals surface area (Å²) in [6.07, 6.45) is 5.40. The number of nitrogens with two attached hydrogens (primary N) is 1. The first kappa shape index (κ1) is 8.32. The van der Waals surface area contributed by atoms with E-state index < -0.39 is 18.0 Å². The Hall–Kier alpha value is -1.78. The van der Waals surface area contributed by atoms with E-state index in [2.05, 4.69) is 0 Å². The van der Waals surface area contributed by atoms with Crippen molar-refractivity contribution in [2.75, 3.05) is 0 Å². The number of ether oxygens (including phenoxy) is 1. The molecule has 5 heteroatoms. The van der Waals surface area contributed by atoms with E-state index in [1.807, 2.05) is 5.32 Å². The molecule has 1 rings (SSSR count). The van der Waals surface area contributed by atoms with Crippen LogP contribution in [0.3, 0.4) is 0 Å². The van der Waals surface area contributed by atoms with Gasteiger partial charge in [-0.05, 0) is 12.2 Å². The average Bonchev–Trinajstić information content (AvgIpc) is 2.05. The standard InChI is InChI=1S/C7H8N2O3/c8-7(11)9-6(10)5-3-1-2-4-12-5/h1-5H,(H3,8,9,10,11). The molecule has 3 amide bonds. The smallest absolute Gasteiger partial charge is 0.318 e. The number of primary amides is 1. The van der Waals surface area contributed by atoms with Gasteiger partial charge in [0.2, 0.25) is 0 Å². The van der Waals surface area contributed by atoms with Gasteiger partial charge in [0.25, 0.3) is 5.91 Å². The molecule has 12 heavy (non-hydrogen) atoms. The lowest BCUT2D eigenvalue weighted by atomic mass is 10.2. The molecule has 0 aliphatic carbocycles. The van der Waals surface area contributed by atoms with Gasteiger partial charge in [0.1, 0.15) is 0 Å². The molecule has 1 aliphatic rings. The molecule has 0 radical (unpaired) electrons. The van der Waals surface area contributed by atoms with Crippen molar-refractivity contribution in [3.63, 3.8) is 0 Å². The minimum absolute atomic E-state index is 0.567. The van der Waals surface area contributed by atoms with Crippen molar-refractivity contribution in [2.24, 2.45) is 5.73 Å². The molecule has 3 N–H and O–H groups in total. The summed E-state index contributed by atoms with van der Waals surface area (Å²) in [5.74, 6) is -0.567. The minimum atomic E-state index is -0.883. The van der Waals surface area contributed by atoms with Gasteiger partial charge in [0.05, 0.1) is 6.26 Å². The number of amides is 3. The molecule has 0 saturated heterocycles. The Morgan fingerprint density at radius 2 is 2.17 bits per heavy atom. The maximum absolute atomic E-state index is 11.0. The van der Waals surface area contributed by atoms with Crippen LogP contribution in [0.15, 0.2) is 24.5 Å². The Bertz CT molecular complexity index is 257. The molecular weight excluding hydrogens is 160 g/mol. The molecule has 0 aromatic carbocycles. The first-order chi connectivity index (χ1) is 5.70. The molecule has 0 aromatic heterocycles. The van der Waals surface area contributed by atoms with Crippen LogP contribution >= 0.6 is 0 Å². The highest BCUT2D eigenvalue weighted by molar-refractivity contribution is 5.96. The third kappa shape index (κ3) is 2.12.